The molecular weight excluding hydrogens is 827 g/mol. The van der Waals surface area contributed by atoms with E-state index in [0.717, 1.165) is 82.9 Å². The number of aromatic nitrogens is 5. The molecule has 0 bridgehead atoms. The van der Waals surface area contributed by atoms with Crippen LogP contribution in [0.3, 0.4) is 0 Å². The van der Waals surface area contributed by atoms with Gasteiger partial charge in [0.05, 0.1) is 27.8 Å². The summed E-state index contributed by atoms with van der Waals surface area (Å²) in [5, 5.41) is 4.55. The second-order valence-electron chi connectivity index (χ2n) is 17.2. The van der Waals surface area contributed by atoms with Gasteiger partial charge in [-0.15, -0.1) is 0 Å². The normalized spacial score (nSPS) is 11.5. The minimum atomic E-state index is 0.544. The first-order chi connectivity index (χ1) is 33.7. The fourth-order valence-corrected chi connectivity index (χ4v) is 10.0. The molecule has 10 aromatic carbocycles. The van der Waals surface area contributed by atoms with Crippen LogP contribution in [0.15, 0.2) is 249 Å². The fraction of sp³-hybridized carbons (Fsp3) is 0. The molecule has 5 heteroatoms. The van der Waals surface area contributed by atoms with Crippen LogP contribution in [0.1, 0.15) is 0 Å². The minimum Gasteiger partial charge on any atom is -0.307 e. The molecule has 0 atom stereocenters. The van der Waals surface area contributed by atoms with Crippen molar-refractivity contribution in [1.82, 2.24) is 24.1 Å². The van der Waals surface area contributed by atoms with Crippen molar-refractivity contribution in [1.29, 1.82) is 0 Å². The number of hydrogen-bond donors (Lipinski definition) is 0. The van der Waals surface area contributed by atoms with Crippen LogP contribution in [-0.4, -0.2) is 24.1 Å². The summed E-state index contributed by atoms with van der Waals surface area (Å²) in [5.41, 5.74) is 16.4. The molecular formula is C63H41N5. The van der Waals surface area contributed by atoms with Crippen molar-refractivity contribution in [3.05, 3.63) is 249 Å². The Hall–Kier alpha value is -9.19. The van der Waals surface area contributed by atoms with Gasteiger partial charge in [0, 0.05) is 38.2 Å². The van der Waals surface area contributed by atoms with Gasteiger partial charge in [-0.1, -0.05) is 224 Å². The van der Waals surface area contributed by atoms with Gasteiger partial charge in [-0.05, 0) is 63.2 Å². The van der Waals surface area contributed by atoms with Gasteiger partial charge in [0.15, 0.2) is 11.6 Å². The van der Waals surface area contributed by atoms with Crippen molar-refractivity contribution in [2.24, 2.45) is 0 Å². The molecule has 13 rings (SSSR count). The predicted molar refractivity (Wildman–Crippen MR) is 281 cm³/mol. The van der Waals surface area contributed by atoms with Crippen molar-refractivity contribution in [3.63, 3.8) is 0 Å². The van der Waals surface area contributed by atoms with E-state index in [4.69, 9.17) is 15.0 Å². The third kappa shape index (κ3) is 6.59. The zero-order chi connectivity index (χ0) is 45.0. The largest absolute Gasteiger partial charge is 0.307 e. The van der Waals surface area contributed by atoms with Gasteiger partial charge in [0.25, 0.3) is 0 Å². The van der Waals surface area contributed by atoms with Crippen LogP contribution in [0.4, 0.5) is 0 Å². The smallest absolute Gasteiger partial charge is 0.238 e. The Morgan fingerprint density at radius 1 is 0.265 bits per heavy atom. The highest BCUT2D eigenvalue weighted by molar-refractivity contribution is 6.28. The zero-order valence-corrected chi connectivity index (χ0v) is 36.9. The Balaban J connectivity index is 1.09. The molecule has 318 valence electrons. The average Bonchev–Trinajstić information content (AvgIpc) is 3.95. The maximum atomic E-state index is 5.46. The standard InChI is InChI=1S/C63H41N5/c1-5-19-42(20-6-1)43-33-35-44(36-34-43)45-37-39-49(40-38-45)62-64-61(48-25-11-4-12-26-48)65-63(66-62)68-56-31-17-14-28-51(56)54-41-53(47-23-9-3-10-24-47)58-52-29-15-18-32-57(52)67(60(58)59(54)68)55-30-16-13-27-50(55)46-21-7-2-8-22-46/h1-41H. The van der Waals surface area contributed by atoms with E-state index in [1.54, 1.807) is 0 Å². The summed E-state index contributed by atoms with van der Waals surface area (Å²) in [6.45, 7) is 0. The summed E-state index contributed by atoms with van der Waals surface area (Å²) >= 11 is 0. The molecule has 0 aliphatic carbocycles. The Labute approximate surface area is 393 Å². The number of benzene rings is 10. The number of hydrogen-bond acceptors (Lipinski definition) is 3. The Kier molecular flexibility index (Phi) is 9.43. The van der Waals surface area contributed by atoms with Gasteiger partial charge < -0.3 is 4.57 Å². The number of fused-ring (bicyclic) bond motifs is 7. The molecule has 0 spiro atoms. The third-order valence-corrected chi connectivity index (χ3v) is 13.2. The van der Waals surface area contributed by atoms with Crippen molar-refractivity contribution in [3.8, 4) is 78.9 Å². The number of para-hydroxylation sites is 3. The first-order valence-electron chi connectivity index (χ1n) is 23.0. The van der Waals surface area contributed by atoms with Crippen molar-refractivity contribution in [2.75, 3.05) is 0 Å². The maximum absolute atomic E-state index is 5.46. The maximum Gasteiger partial charge on any atom is 0.238 e. The first kappa shape index (κ1) is 39.2. The van der Waals surface area contributed by atoms with E-state index in [-0.39, 0.29) is 0 Å². The van der Waals surface area contributed by atoms with Gasteiger partial charge in [-0.3, -0.25) is 4.57 Å². The lowest BCUT2D eigenvalue weighted by Crippen LogP contribution is -2.07. The lowest BCUT2D eigenvalue weighted by Gasteiger charge is -2.17. The monoisotopic (exact) mass is 867 g/mol. The van der Waals surface area contributed by atoms with E-state index in [1.165, 1.54) is 22.1 Å². The van der Waals surface area contributed by atoms with E-state index in [2.05, 4.69) is 234 Å². The van der Waals surface area contributed by atoms with Crippen LogP contribution >= 0.6 is 0 Å². The van der Waals surface area contributed by atoms with Crippen LogP contribution in [0.5, 0.6) is 0 Å². The van der Waals surface area contributed by atoms with Crippen molar-refractivity contribution >= 4 is 43.6 Å². The fourth-order valence-electron chi connectivity index (χ4n) is 10.0. The van der Waals surface area contributed by atoms with Gasteiger partial charge in [0.1, 0.15) is 0 Å². The van der Waals surface area contributed by atoms with E-state index in [1.807, 2.05) is 24.3 Å². The quantitative estimate of drug-likeness (QED) is 0.153. The van der Waals surface area contributed by atoms with Gasteiger partial charge in [-0.2, -0.15) is 9.97 Å². The summed E-state index contributed by atoms with van der Waals surface area (Å²) in [6, 6.07) is 88.2. The van der Waals surface area contributed by atoms with Crippen LogP contribution < -0.4 is 0 Å². The predicted octanol–water partition coefficient (Wildman–Crippen LogP) is 16.1. The first-order valence-corrected chi connectivity index (χ1v) is 23.0. The Bertz CT molecular complexity index is 3970. The summed E-state index contributed by atoms with van der Waals surface area (Å²) in [5.74, 6) is 1.74. The summed E-state index contributed by atoms with van der Waals surface area (Å²) in [6.07, 6.45) is 0. The Morgan fingerprint density at radius 3 is 1.26 bits per heavy atom. The number of nitrogens with zero attached hydrogens (tertiary/aromatic N) is 5. The molecule has 0 saturated carbocycles. The summed E-state index contributed by atoms with van der Waals surface area (Å²) in [4.78, 5) is 16.1. The molecule has 0 N–H and O–H groups in total. The molecule has 3 heterocycles. The van der Waals surface area contributed by atoms with Crippen molar-refractivity contribution < 1.29 is 0 Å². The Morgan fingerprint density at radius 2 is 0.676 bits per heavy atom. The number of rotatable bonds is 8. The van der Waals surface area contributed by atoms with Crippen LogP contribution in [0.25, 0.3) is 123 Å². The van der Waals surface area contributed by atoms with Gasteiger partial charge >= 0.3 is 0 Å². The molecule has 13 aromatic rings. The average molecular weight is 868 g/mol. The molecule has 0 aliphatic heterocycles. The molecule has 0 amide bonds. The topological polar surface area (TPSA) is 48.5 Å². The highest BCUT2D eigenvalue weighted by Crippen LogP contribution is 2.47. The SMILES string of the molecule is c1ccc(-c2ccc(-c3ccc(-c4nc(-c5ccccc5)nc(-n5c6ccccc6c6cc(-c7ccccc7)c7c8ccccc8n(-c8ccccc8-c8ccccc8)c7c65)n4)cc3)cc2)cc1. The lowest BCUT2D eigenvalue weighted by atomic mass is 9.96. The molecule has 3 aromatic heterocycles. The zero-order valence-electron chi connectivity index (χ0n) is 36.9. The molecule has 68 heavy (non-hydrogen) atoms. The molecule has 0 radical (unpaired) electrons. The second kappa shape index (κ2) is 16.4. The van der Waals surface area contributed by atoms with Crippen molar-refractivity contribution in [2.45, 2.75) is 0 Å². The minimum absolute atomic E-state index is 0.544. The summed E-state index contributed by atoms with van der Waals surface area (Å²) < 4.78 is 4.75. The van der Waals surface area contributed by atoms with E-state index in [0.29, 0.717) is 17.6 Å². The summed E-state index contributed by atoms with van der Waals surface area (Å²) in [7, 11) is 0. The van der Waals surface area contributed by atoms with Gasteiger partial charge in [-0.25, -0.2) is 4.98 Å². The molecule has 0 fully saturated rings. The van der Waals surface area contributed by atoms with E-state index in [9.17, 15) is 0 Å². The van der Waals surface area contributed by atoms with E-state index >= 15 is 0 Å². The van der Waals surface area contributed by atoms with Crippen LogP contribution in [0, 0.1) is 0 Å². The highest BCUT2D eigenvalue weighted by atomic mass is 15.2. The lowest BCUT2D eigenvalue weighted by molar-refractivity contribution is 0.953. The van der Waals surface area contributed by atoms with E-state index < -0.39 is 0 Å². The highest BCUT2D eigenvalue weighted by Gasteiger charge is 2.27. The molecule has 0 saturated heterocycles. The van der Waals surface area contributed by atoms with Crippen LogP contribution in [-0.2, 0) is 0 Å². The van der Waals surface area contributed by atoms with Gasteiger partial charge in [0.2, 0.25) is 5.95 Å². The molecule has 0 aliphatic rings. The molecule has 5 nitrogen and oxygen atoms in total. The van der Waals surface area contributed by atoms with Crippen LogP contribution in [0.2, 0.25) is 0 Å². The second-order valence-corrected chi connectivity index (χ2v) is 17.2. The molecule has 0 unspecified atom stereocenters. The third-order valence-electron chi connectivity index (χ3n) is 13.2.